The number of hydrogen-bond donors (Lipinski definition) is 1. The summed E-state index contributed by atoms with van der Waals surface area (Å²) in [6, 6.07) is 1.91. The zero-order valence-electron chi connectivity index (χ0n) is 11.4. The van der Waals surface area contributed by atoms with E-state index in [9.17, 15) is 0 Å². The van der Waals surface area contributed by atoms with Gasteiger partial charge < -0.3 is 15.0 Å². The van der Waals surface area contributed by atoms with Crippen LogP contribution in [0.25, 0.3) is 0 Å². The van der Waals surface area contributed by atoms with E-state index in [0.717, 1.165) is 25.4 Å². The van der Waals surface area contributed by atoms with E-state index in [0.29, 0.717) is 11.4 Å². The molecule has 1 aromatic heterocycles. The van der Waals surface area contributed by atoms with Gasteiger partial charge in [0.2, 0.25) is 5.95 Å². The van der Waals surface area contributed by atoms with Gasteiger partial charge in [0.25, 0.3) is 0 Å². The number of nitrogens with one attached hydrogen (secondary N) is 1. The Balaban J connectivity index is 1.88. The van der Waals surface area contributed by atoms with Crippen LogP contribution in [-0.4, -0.2) is 44.3 Å². The van der Waals surface area contributed by atoms with Gasteiger partial charge in [-0.1, -0.05) is 0 Å². The van der Waals surface area contributed by atoms with Crippen molar-refractivity contribution in [1.29, 1.82) is 0 Å². The van der Waals surface area contributed by atoms with Crippen LogP contribution in [0, 0.1) is 5.41 Å². The average Bonchev–Trinajstić information content (AvgIpc) is 3.15. The lowest BCUT2D eigenvalue weighted by molar-refractivity contribution is 0.175. The predicted molar refractivity (Wildman–Crippen MR) is 73.0 cm³/mol. The lowest BCUT2D eigenvalue weighted by Gasteiger charge is -2.16. The summed E-state index contributed by atoms with van der Waals surface area (Å²) in [5, 5.41) is 3.35. The van der Waals surface area contributed by atoms with Crippen LogP contribution in [0.2, 0.25) is 0 Å². The molecule has 0 saturated heterocycles. The normalized spacial score (nSPS) is 16.4. The lowest BCUT2D eigenvalue weighted by Crippen LogP contribution is -2.19. The summed E-state index contributed by atoms with van der Waals surface area (Å²) >= 11 is 0. The molecule has 1 aliphatic rings. The molecule has 0 atom stereocenters. The van der Waals surface area contributed by atoms with Crippen LogP contribution in [0.15, 0.2) is 12.3 Å². The van der Waals surface area contributed by atoms with Crippen molar-refractivity contribution in [3.63, 3.8) is 0 Å². The van der Waals surface area contributed by atoms with Gasteiger partial charge in [0.15, 0.2) is 0 Å². The molecule has 0 unspecified atom stereocenters. The van der Waals surface area contributed by atoms with Crippen molar-refractivity contribution >= 4 is 11.8 Å². The Morgan fingerprint density at radius 2 is 2.22 bits per heavy atom. The molecule has 0 radical (unpaired) electrons. The third kappa shape index (κ3) is 3.32. The average molecular weight is 250 g/mol. The second-order valence-electron chi connectivity index (χ2n) is 5.23. The van der Waals surface area contributed by atoms with Crippen LogP contribution < -0.4 is 10.2 Å². The third-order valence-corrected chi connectivity index (χ3v) is 3.51. The summed E-state index contributed by atoms with van der Waals surface area (Å²) in [5.74, 6) is 1.64. The van der Waals surface area contributed by atoms with E-state index in [-0.39, 0.29) is 0 Å². The van der Waals surface area contributed by atoms with Gasteiger partial charge in [-0.05, 0) is 30.7 Å². The molecule has 1 fully saturated rings. The molecule has 1 N–H and O–H groups in total. The van der Waals surface area contributed by atoms with Gasteiger partial charge in [0.1, 0.15) is 5.82 Å². The molecule has 0 spiro atoms. The Morgan fingerprint density at radius 1 is 1.44 bits per heavy atom. The first kappa shape index (κ1) is 13.1. The van der Waals surface area contributed by atoms with Crippen LogP contribution >= 0.6 is 0 Å². The summed E-state index contributed by atoms with van der Waals surface area (Å²) in [7, 11) is 5.72. The minimum absolute atomic E-state index is 0.410. The fourth-order valence-corrected chi connectivity index (χ4v) is 1.96. The fourth-order valence-electron chi connectivity index (χ4n) is 1.96. The van der Waals surface area contributed by atoms with E-state index in [1.54, 1.807) is 13.3 Å². The molecular formula is C13H22N4O. The molecule has 1 heterocycles. The number of aromatic nitrogens is 2. The Hall–Kier alpha value is -1.36. The van der Waals surface area contributed by atoms with Crippen molar-refractivity contribution in [3.05, 3.63) is 12.3 Å². The van der Waals surface area contributed by atoms with Crippen LogP contribution in [0.3, 0.4) is 0 Å². The highest BCUT2D eigenvalue weighted by molar-refractivity contribution is 5.41. The minimum atomic E-state index is 0.410. The molecule has 0 aliphatic heterocycles. The monoisotopic (exact) mass is 250 g/mol. The third-order valence-electron chi connectivity index (χ3n) is 3.51. The summed E-state index contributed by atoms with van der Waals surface area (Å²) in [5.41, 5.74) is 0.410. The van der Waals surface area contributed by atoms with E-state index >= 15 is 0 Å². The maximum absolute atomic E-state index is 5.15. The van der Waals surface area contributed by atoms with Crippen LogP contribution in [0.5, 0.6) is 0 Å². The van der Waals surface area contributed by atoms with Gasteiger partial charge >= 0.3 is 0 Å². The van der Waals surface area contributed by atoms with E-state index in [2.05, 4.69) is 15.3 Å². The molecular weight excluding hydrogens is 228 g/mol. The maximum atomic E-state index is 5.15. The minimum Gasteiger partial charge on any atom is -0.385 e. The lowest BCUT2D eigenvalue weighted by atomic mass is 10.0. The van der Waals surface area contributed by atoms with E-state index in [1.165, 1.54) is 12.8 Å². The summed E-state index contributed by atoms with van der Waals surface area (Å²) in [6.45, 7) is 1.77. The zero-order chi connectivity index (χ0) is 13.0. The zero-order valence-corrected chi connectivity index (χ0v) is 11.4. The molecule has 1 saturated carbocycles. The van der Waals surface area contributed by atoms with E-state index in [4.69, 9.17) is 4.74 Å². The Morgan fingerprint density at radius 3 is 2.83 bits per heavy atom. The molecule has 0 amide bonds. The predicted octanol–water partition coefficient (Wildman–Crippen LogP) is 1.77. The quantitative estimate of drug-likeness (QED) is 0.799. The molecule has 5 nitrogen and oxygen atoms in total. The van der Waals surface area contributed by atoms with Gasteiger partial charge in [0, 0.05) is 40.6 Å². The Kier molecular flexibility index (Phi) is 4.01. The van der Waals surface area contributed by atoms with Gasteiger partial charge in [-0.25, -0.2) is 4.98 Å². The molecule has 0 aromatic carbocycles. The first-order chi connectivity index (χ1) is 8.65. The van der Waals surface area contributed by atoms with Crippen LogP contribution in [-0.2, 0) is 4.74 Å². The summed E-state index contributed by atoms with van der Waals surface area (Å²) in [4.78, 5) is 10.7. The fraction of sp³-hybridized carbons (Fsp3) is 0.692. The highest BCUT2D eigenvalue weighted by atomic mass is 16.5. The van der Waals surface area contributed by atoms with Gasteiger partial charge in [0.05, 0.1) is 0 Å². The van der Waals surface area contributed by atoms with Crippen molar-refractivity contribution in [1.82, 2.24) is 9.97 Å². The van der Waals surface area contributed by atoms with E-state index in [1.807, 2.05) is 25.1 Å². The number of ether oxygens (including phenoxy) is 1. The SMILES string of the molecule is COCCC1(CNc2nccc(N(C)C)n2)CC1. The molecule has 2 rings (SSSR count). The Labute approximate surface area is 109 Å². The first-order valence-electron chi connectivity index (χ1n) is 6.38. The Bertz CT molecular complexity index is 390. The van der Waals surface area contributed by atoms with Crippen LogP contribution in [0.1, 0.15) is 19.3 Å². The second kappa shape index (κ2) is 5.52. The standard InChI is InChI=1S/C13H22N4O/c1-17(2)11-4-8-14-12(16-11)15-10-13(5-6-13)7-9-18-3/h4,8H,5-7,9-10H2,1-3H3,(H,14,15,16). The van der Waals surface area contributed by atoms with Crippen molar-refractivity contribution in [2.24, 2.45) is 5.41 Å². The highest BCUT2D eigenvalue weighted by Gasteiger charge is 2.41. The van der Waals surface area contributed by atoms with Crippen molar-refractivity contribution in [2.45, 2.75) is 19.3 Å². The van der Waals surface area contributed by atoms with Gasteiger partial charge in [-0.2, -0.15) is 4.98 Å². The maximum Gasteiger partial charge on any atom is 0.224 e. The number of methoxy groups -OCH3 is 1. The first-order valence-corrected chi connectivity index (χ1v) is 6.38. The number of rotatable bonds is 7. The second-order valence-corrected chi connectivity index (χ2v) is 5.23. The molecule has 0 bridgehead atoms. The van der Waals surface area contributed by atoms with Crippen molar-refractivity contribution in [2.75, 3.05) is 44.6 Å². The van der Waals surface area contributed by atoms with Crippen molar-refractivity contribution < 1.29 is 4.74 Å². The molecule has 5 heteroatoms. The van der Waals surface area contributed by atoms with Crippen LogP contribution in [0.4, 0.5) is 11.8 Å². The number of anilines is 2. The molecule has 1 aliphatic carbocycles. The van der Waals surface area contributed by atoms with E-state index < -0.39 is 0 Å². The van der Waals surface area contributed by atoms with Gasteiger partial charge in [-0.15, -0.1) is 0 Å². The highest BCUT2D eigenvalue weighted by Crippen LogP contribution is 2.48. The molecule has 18 heavy (non-hydrogen) atoms. The number of hydrogen-bond acceptors (Lipinski definition) is 5. The topological polar surface area (TPSA) is 50.3 Å². The van der Waals surface area contributed by atoms with Crippen molar-refractivity contribution in [3.8, 4) is 0 Å². The summed E-state index contributed by atoms with van der Waals surface area (Å²) in [6.07, 6.45) is 5.46. The number of nitrogens with zero attached hydrogens (tertiary/aromatic N) is 3. The largest absolute Gasteiger partial charge is 0.385 e. The molecule has 1 aromatic rings. The van der Waals surface area contributed by atoms with Gasteiger partial charge in [-0.3, -0.25) is 0 Å². The molecule has 100 valence electrons. The smallest absolute Gasteiger partial charge is 0.224 e. The summed E-state index contributed by atoms with van der Waals surface area (Å²) < 4.78 is 5.15.